The van der Waals surface area contributed by atoms with Gasteiger partial charge in [0.15, 0.2) is 0 Å². The molecule has 2 amide bonds. The Kier molecular flexibility index (Phi) is 5.16. The molecule has 27 heavy (non-hydrogen) atoms. The molecule has 2 saturated heterocycles. The average molecular weight is 374 g/mol. The Morgan fingerprint density at radius 1 is 1.26 bits per heavy atom. The summed E-state index contributed by atoms with van der Waals surface area (Å²) in [6.45, 7) is 1.57. The highest BCUT2D eigenvalue weighted by Gasteiger charge is 2.55. The molecule has 1 aromatic carbocycles. The van der Waals surface area contributed by atoms with Crippen LogP contribution in [0, 0.1) is 5.92 Å². The van der Waals surface area contributed by atoms with Crippen LogP contribution in [0.1, 0.15) is 24.3 Å². The third kappa shape index (κ3) is 3.03. The Balaban J connectivity index is 1.64. The Hall–Kier alpha value is -1.96. The minimum Gasteiger partial charge on any atom is -0.394 e. The Morgan fingerprint density at radius 3 is 2.70 bits per heavy atom. The number of amides is 2. The van der Waals surface area contributed by atoms with Gasteiger partial charge in [-0.25, -0.2) is 0 Å². The van der Waals surface area contributed by atoms with Gasteiger partial charge in [0, 0.05) is 44.4 Å². The van der Waals surface area contributed by atoms with Crippen LogP contribution in [-0.4, -0.2) is 74.0 Å². The minimum atomic E-state index is -0.230. The summed E-state index contributed by atoms with van der Waals surface area (Å²) in [5, 5.41) is 10.0. The predicted octanol–water partition coefficient (Wildman–Crippen LogP) is 0.761. The van der Waals surface area contributed by atoms with Gasteiger partial charge in [-0.3, -0.25) is 9.59 Å². The smallest absolute Gasteiger partial charge is 0.253 e. The number of aliphatic hydroxyl groups excluding tert-OH is 1. The van der Waals surface area contributed by atoms with Gasteiger partial charge in [0.05, 0.1) is 18.7 Å². The number of ether oxygens (including phenoxy) is 2. The number of carbonyl (C=O) groups excluding carboxylic acids is 2. The number of para-hydroxylation sites is 1. The number of carbonyl (C=O) groups is 2. The van der Waals surface area contributed by atoms with Crippen LogP contribution in [-0.2, 0) is 19.1 Å². The summed E-state index contributed by atoms with van der Waals surface area (Å²) in [6.07, 6.45) is 1.43. The van der Waals surface area contributed by atoms with E-state index in [2.05, 4.69) is 0 Å². The van der Waals surface area contributed by atoms with Crippen LogP contribution in [0.15, 0.2) is 24.3 Å². The van der Waals surface area contributed by atoms with Crippen LogP contribution in [0.25, 0.3) is 0 Å². The SMILES string of the molecule is COCC(=O)N1C[C@@H]2[C@H](c3ccccc31)[C@H](CO)N2C(=O)C1CCOCC1. The predicted molar refractivity (Wildman–Crippen MR) is 98.5 cm³/mol. The van der Waals surface area contributed by atoms with E-state index in [9.17, 15) is 14.7 Å². The number of likely N-dealkylation sites (tertiary alicyclic amines) is 1. The molecule has 0 aliphatic carbocycles. The highest BCUT2D eigenvalue weighted by molar-refractivity contribution is 5.96. The molecule has 0 radical (unpaired) electrons. The van der Waals surface area contributed by atoms with Gasteiger partial charge in [0.25, 0.3) is 5.91 Å². The summed E-state index contributed by atoms with van der Waals surface area (Å²) < 4.78 is 10.4. The molecule has 7 heteroatoms. The molecule has 1 N–H and O–H groups in total. The standard InChI is InChI=1S/C20H26N2O5/c1-26-12-18(24)21-10-16-19(14-4-2-3-5-15(14)21)17(11-23)22(16)20(25)13-6-8-27-9-7-13/h2-5,13,16-17,19,23H,6-12H2,1H3/t16-,17+,19+/m1/s1. The summed E-state index contributed by atoms with van der Waals surface area (Å²) in [5.41, 5.74) is 1.88. The molecule has 0 spiro atoms. The maximum atomic E-state index is 13.1. The third-order valence-corrected chi connectivity index (χ3v) is 6.08. The normalized spacial score (nSPS) is 27.6. The molecule has 3 heterocycles. The van der Waals surface area contributed by atoms with E-state index in [-0.39, 0.29) is 48.9 Å². The number of aliphatic hydroxyl groups is 1. The van der Waals surface area contributed by atoms with Crippen molar-refractivity contribution in [3.63, 3.8) is 0 Å². The first-order chi connectivity index (χ1) is 13.2. The van der Waals surface area contributed by atoms with Crippen LogP contribution in [0.2, 0.25) is 0 Å². The minimum absolute atomic E-state index is 0.00304. The lowest BCUT2D eigenvalue weighted by Crippen LogP contribution is -2.71. The van der Waals surface area contributed by atoms with Crippen molar-refractivity contribution in [1.82, 2.24) is 4.90 Å². The molecule has 0 aromatic heterocycles. The fourth-order valence-corrected chi connectivity index (χ4v) is 4.78. The van der Waals surface area contributed by atoms with Gasteiger partial charge in [0.2, 0.25) is 5.91 Å². The number of benzene rings is 1. The zero-order chi connectivity index (χ0) is 19.0. The van der Waals surface area contributed by atoms with Crippen LogP contribution in [0.3, 0.4) is 0 Å². The van der Waals surface area contributed by atoms with E-state index in [1.807, 2.05) is 29.2 Å². The number of hydrogen-bond donors (Lipinski definition) is 1. The number of fused-ring (bicyclic) bond motifs is 3. The molecule has 2 fully saturated rings. The summed E-state index contributed by atoms with van der Waals surface area (Å²) in [6, 6.07) is 7.44. The first kappa shape index (κ1) is 18.4. The third-order valence-electron chi connectivity index (χ3n) is 6.08. The molecule has 0 unspecified atom stereocenters. The number of nitrogens with zero attached hydrogens (tertiary/aromatic N) is 2. The summed E-state index contributed by atoms with van der Waals surface area (Å²) >= 11 is 0. The zero-order valence-electron chi connectivity index (χ0n) is 15.5. The largest absolute Gasteiger partial charge is 0.394 e. The van der Waals surface area contributed by atoms with Crippen molar-refractivity contribution in [2.24, 2.45) is 5.92 Å². The summed E-state index contributed by atoms with van der Waals surface area (Å²) in [5.74, 6) is -0.0398. The van der Waals surface area contributed by atoms with Gasteiger partial charge in [-0.15, -0.1) is 0 Å². The first-order valence-electron chi connectivity index (χ1n) is 9.56. The summed E-state index contributed by atoms with van der Waals surface area (Å²) in [7, 11) is 1.50. The van der Waals surface area contributed by atoms with Crippen molar-refractivity contribution in [3.05, 3.63) is 29.8 Å². The molecule has 3 atom stereocenters. The fraction of sp³-hybridized carbons (Fsp3) is 0.600. The van der Waals surface area contributed by atoms with E-state index >= 15 is 0 Å². The fourth-order valence-electron chi connectivity index (χ4n) is 4.78. The van der Waals surface area contributed by atoms with E-state index < -0.39 is 0 Å². The van der Waals surface area contributed by atoms with Gasteiger partial charge < -0.3 is 24.4 Å². The molecule has 1 aromatic rings. The average Bonchev–Trinajstić information content (AvgIpc) is 2.69. The van der Waals surface area contributed by atoms with Crippen molar-refractivity contribution in [1.29, 1.82) is 0 Å². The molecular weight excluding hydrogens is 348 g/mol. The lowest BCUT2D eigenvalue weighted by molar-refractivity contribution is -0.158. The quantitative estimate of drug-likeness (QED) is 0.842. The molecule has 0 saturated carbocycles. The van der Waals surface area contributed by atoms with E-state index in [0.29, 0.717) is 32.6 Å². The molecule has 0 bridgehead atoms. The summed E-state index contributed by atoms with van der Waals surface area (Å²) in [4.78, 5) is 29.3. The number of rotatable bonds is 4. The van der Waals surface area contributed by atoms with Crippen LogP contribution >= 0.6 is 0 Å². The Morgan fingerprint density at radius 2 is 2.00 bits per heavy atom. The topological polar surface area (TPSA) is 79.3 Å². The lowest BCUT2D eigenvalue weighted by atomic mass is 9.71. The molecule has 4 rings (SSSR count). The van der Waals surface area contributed by atoms with Crippen LogP contribution < -0.4 is 4.90 Å². The van der Waals surface area contributed by atoms with Gasteiger partial charge in [0.1, 0.15) is 6.61 Å². The van der Waals surface area contributed by atoms with Crippen molar-refractivity contribution in [2.45, 2.75) is 30.8 Å². The highest BCUT2D eigenvalue weighted by Crippen LogP contribution is 2.48. The maximum absolute atomic E-state index is 13.1. The van der Waals surface area contributed by atoms with Gasteiger partial charge in [-0.05, 0) is 24.5 Å². The van der Waals surface area contributed by atoms with Gasteiger partial charge >= 0.3 is 0 Å². The van der Waals surface area contributed by atoms with Gasteiger partial charge in [-0.2, -0.15) is 0 Å². The maximum Gasteiger partial charge on any atom is 0.253 e. The number of anilines is 1. The number of hydrogen-bond acceptors (Lipinski definition) is 5. The van der Waals surface area contributed by atoms with Crippen molar-refractivity contribution in [2.75, 3.05) is 45.0 Å². The second kappa shape index (κ2) is 7.58. The van der Waals surface area contributed by atoms with E-state index in [4.69, 9.17) is 9.47 Å². The first-order valence-corrected chi connectivity index (χ1v) is 9.56. The Bertz CT molecular complexity index is 718. The second-order valence-electron chi connectivity index (χ2n) is 7.47. The van der Waals surface area contributed by atoms with Crippen molar-refractivity contribution < 1.29 is 24.2 Å². The molecule has 3 aliphatic rings. The Labute approximate surface area is 158 Å². The number of methoxy groups -OCH3 is 1. The zero-order valence-corrected chi connectivity index (χ0v) is 15.5. The van der Waals surface area contributed by atoms with Crippen molar-refractivity contribution in [3.8, 4) is 0 Å². The van der Waals surface area contributed by atoms with E-state index in [1.165, 1.54) is 7.11 Å². The molecule has 3 aliphatic heterocycles. The van der Waals surface area contributed by atoms with Crippen LogP contribution in [0.5, 0.6) is 0 Å². The van der Waals surface area contributed by atoms with E-state index in [1.54, 1.807) is 4.90 Å². The molecular formula is C20H26N2O5. The highest BCUT2D eigenvalue weighted by atomic mass is 16.5. The van der Waals surface area contributed by atoms with Gasteiger partial charge in [-0.1, -0.05) is 18.2 Å². The molecule has 7 nitrogen and oxygen atoms in total. The lowest BCUT2D eigenvalue weighted by Gasteiger charge is -2.59. The van der Waals surface area contributed by atoms with Crippen molar-refractivity contribution >= 4 is 17.5 Å². The monoisotopic (exact) mass is 374 g/mol. The second-order valence-corrected chi connectivity index (χ2v) is 7.47. The van der Waals surface area contributed by atoms with Crippen LogP contribution in [0.4, 0.5) is 5.69 Å². The molecule has 146 valence electrons. The van der Waals surface area contributed by atoms with E-state index in [0.717, 1.165) is 11.3 Å².